The first-order valence-electron chi connectivity index (χ1n) is 11.6. The lowest BCUT2D eigenvalue weighted by Gasteiger charge is -2.44. The highest BCUT2D eigenvalue weighted by Crippen LogP contribution is 2.58. The summed E-state index contributed by atoms with van der Waals surface area (Å²) in [7, 11) is 3.77. The lowest BCUT2D eigenvalue weighted by Crippen LogP contribution is -2.42. The minimum absolute atomic E-state index is 0.0788. The van der Waals surface area contributed by atoms with Crippen LogP contribution in [0.1, 0.15) is 46.0 Å². The third kappa shape index (κ3) is 4.01. The van der Waals surface area contributed by atoms with Gasteiger partial charge in [-0.3, -0.25) is 0 Å². The minimum atomic E-state index is -0.337. The van der Waals surface area contributed by atoms with Crippen LogP contribution in [0.3, 0.4) is 0 Å². The van der Waals surface area contributed by atoms with Crippen LogP contribution in [0, 0.1) is 10.8 Å². The SMILES string of the molecule is CN(c1ccc(-c2ccc(-c3ccn(C)c(=O)n3)cc2O)nn1)[C@H]1C[C@]2(C)CC[C@](C)(C1)C2. The number of aromatic hydroxyl groups is 1. The first-order valence-corrected chi connectivity index (χ1v) is 11.6. The first kappa shape index (κ1) is 21.6. The molecule has 1 aromatic carbocycles. The molecular weight excluding hydrogens is 414 g/mol. The summed E-state index contributed by atoms with van der Waals surface area (Å²) < 4.78 is 1.41. The van der Waals surface area contributed by atoms with Gasteiger partial charge in [-0.25, -0.2) is 4.79 Å². The Kier molecular flexibility index (Phi) is 5.03. The normalized spacial score (nSPS) is 26.4. The molecule has 2 aromatic heterocycles. The number of aryl methyl sites for hydroxylation is 1. The van der Waals surface area contributed by atoms with Crippen molar-refractivity contribution < 1.29 is 5.11 Å². The Hall–Kier alpha value is -3.22. The van der Waals surface area contributed by atoms with Crippen molar-refractivity contribution in [2.24, 2.45) is 17.9 Å². The molecule has 2 aliphatic rings. The predicted octanol–water partition coefficient (Wildman–Crippen LogP) is 4.41. The van der Waals surface area contributed by atoms with Gasteiger partial charge in [0.2, 0.25) is 0 Å². The second kappa shape index (κ2) is 7.68. The zero-order chi connectivity index (χ0) is 23.4. The van der Waals surface area contributed by atoms with E-state index in [0.29, 0.717) is 39.4 Å². The molecule has 2 heterocycles. The number of rotatable bonds is 4. The summed E-state index contributed by atoms with van der Waals surface area (Å²) >= 11 is 0. The van der Waals surface area contributed by atoms with Gasteiger partial charge < -0.3 is 14.6 Å². The highest BCUT2D eigenvalue weighted by Gasteiger charge is 2.49. The van der Waals surface area contributed by atoms with Gasteiger partial charge in [0, 0.05) is 37.5 Å². The van der Waals surface area contributed by atoms with E-state index in [0.717, 1.165) is 5.82 Å². The molecule has 0 spiro atoms. The molecule has 172 valence electrons. The molecule has 33 heavy (non-hydrogen) atoms. The Bertz CT molecular complexity index is 1240. The maximum atomic E-state index is 11.8. The van der Waals surface area contributed by atoms with E-state index in [1.807, 2.05) is 18.2 Å². The first-order chi connectivity index (χ1) is 15.6. The van der Waals surface area contributed by atoms with E-state index >= 15 is 0 Å². The van der Waals surface area contributed by atoms with Crippen LogP contribution in [0.2, 0.25) is 0 Å². The molecule has 2 fully saturated rings. The van der Waals surface area contributed by atoms with Crippen LogP contribution in [0.4, 0.5) is 5.82 Å². The number of hydrogen-bond acceptors (Lipinski definition) is 6. The summed E-state index contributed by atoms with van der Waals surface area (Å²) in [6.07, 6.45) is 8.02. The van der Waals surface area contributed by atoms with Gasteiger partial charge in [0.15, 0.2) is 5.82 Å². The zero-order valence-corrected chi connectivity index (χ0v) is 19.7. The van der Waals surface area contributed by atoms with E-state index in [1.165, 1.54) is 36.7 Å². The largest absolute Gasteiger partial charge is 0.507 e. The van der Waals surface area contributed by atoms with Gasteiger partial charge >= 0.3 is 5.69 Å². The van der Waals surface area contributed by atoms with Crippen LogP contribution >= 0.6 is 0 Å². The highest BCUT2D eigenvalue weighted by molar-refractivity contribution is 5.73. The predicted molar refractivity (Wildman–Crippen MR) is 129 cm³/mol. The van der Waals surface area contributed by atoms with Crippen LogP contribution in [0.15, 0.2) is 47.4 Å². The Morgan fingerprint density at radius 1 is 1.03 bits per heavy atom. The third-order valence-corrected chi connectivity index (χ3v) is 7.75. The number of benzene rings is 1. The molecule has 0 aliphatic heterocycles. The number of anilines is 1. The number of fused-ring (bicyclic) bond motifs is 2. The second-order valence-electron chi connectivity index (χ2n) is 10.7. The Morgan fingerprint density at radius 3 is 2.36 bits per heavy atom. The third-order valence-electron chi connectivity index (χ3n) is 7.75. The van der Waals surface area contributed by atoms with Crippen molar-refractivity contribution in [3.8, 4) is 28.3 Å². The molecule has 0 unspecified atom stereocenters. The average molecular weight is 446 g/mol. The van der Waals surface area contributed by atoms with Gasteiger partial charge in [-0.1, -0.05) is 19.9 Å². The Labute approximate surface area is 194 Å². The van der Waals surface area contributed by atoms with Crippen LogP contribution in [-0.2, 0) is 7.05 Å². The zero-order valence-electron chi connectivity index (χ0n) is 19.7. The highest BCUT2D eigenvalue weighted by atomic mass is 16.3. The lowest BCUT2D eigenvalue weighted by atomic mass is 9.68. The second-order valence-corrected chi connectivity index (χ2v) is 10.7. The number of nitrogens with zero attached hydrogens (tertiary/aromatic N) is 5. The van der Waals surface area contributed by atoms with Crippen molar-refractivity contribution in [2.75, 3.05) is 11.9 Å². The van der Waals surface area contributed by atoms with Crippen molar-refractivity contribution in [2.45, 2.75) is 52.0 Å². The van der Waals surface area contributed by atoms with Gasteiger partial charge in [-0.15, -0.1) is 10.2 Å². The summed E-state index contributed by atoms with van der Waals surface area (Å²) in [5.74, 6) is 0.938. The molecule has 2 aliphatic carbocycles. The summed E-state index contributed by atoms with van der Waals surface area (Å²) in [5, 5.41) is 19.6. The fourth-order valence-corrected chi connectivity index (χ4v) is 6.02. The molecule has 0 radical (unpaired) electrons. The summed E-state index contributed by atoms with van der Waals surface area (Å²) in [4.78, 5) is 18.2. The van der Waals surface area contributed by atoms with Crippen molar-refractivity contribution >= 4 is 5.82 Å². The summed E-state index contributed by atoms with van der Waals surface area (Å²) in [6.45, 7) is 4.87. The maximum Gasteiger partial charge on any atom is 0.347 e. The van der Waals surface area contributed by atoms with E-state index in [1.54, 1.807) is 31.4 Å². The number of phenols is 1. The van der Waals surface area contributed by atoms with Crippen molar-refractivity contribution in [3.05, 3.63) is 53.1 Å². The molecule has 2 saturated carbocycles. The van der Waals surface area contributed by atoms with E-state index in [2.05, 4.69) is 41.0 Å². The van der Waals surface area contributed by atoms with E-state index in [9.17, 15) is 9.90 Å². The van der Waals surface area contributed by atoms with Crippen LogP contribution in [-0.4, -0.2) is 37.9 Å². The molecule has 1 N–H and O–H groups in total. The molecule has 5 rings (SSSR count). The number of aromatic nitrogens is 4. The standard InChI is InChI=1S/C26H31N5O2/c1-25-10-11-26(2,16-25)15-18(14-25)31(4)23-8-7-21(28-29-23)19-6-5-17(13-22(19)32)20-9-12-30(3)24(33)27-20/h5-9,12-13,18,32H,10-11,14-16H2,1-4H3/t18-,25-,26+. The van der Waals surface area contributed by atoms with E-state index in [4.69, 9.17) is 0 Å². The lowest BCUT2D eigenvalue weighted by molar-refractivity contribution is 0.148. The van der Waals surface area contributed by atoms with Gasteiger partial charge in [0.25, 0.3) is 0 Å². The molecule has 7 nitrogen and oxygen atoms in total. The average Bonchev–Trinajstić information content (AvgIpc) is 3.01. The number of hydrogen-bond donors (Lipinski definition) is 1. The van der Waals surface area contributed by atoms with Crippen LogP contribution in [0.25, 0.3) is 22.5 Å². The number of phenolic OH excluding ortho intramolecular Hbond substituents is 1. The molecular formula is C26H31N5O2. The monoisotopic (exact) mass is 445 g/mol. The fraction of sp³-hybridized carbons (Fsp3) is 0.462. The smallest absolute Gasteiger partial charge is 0.347 e. The van der Waals surface area contributed by atoms with Gasteiger partial charge in [-0.05, 0) is 73.3 Å². The van der Waals surface area contributed by atoms with E-state index in [-0.39, 0.29) is 11.4 Å². The van der Waals surface area contributed by atoms with Crippen molar-refractivity contribution in [3.63, 3.8) is 0 Å². The quantitative estimate of drug-likeness (QED) is 0.641. The Morgan fingerprint density at radius 2 is 1.76 bits per heavy atom. The topological polar surface area (TPSA) is 84.1 Å². The Balaban J connectivity index is 1.36. The van der Waals surface area contributed by atoms with E-state index < -0.39 is 0 Å². The van der Waals surface area contributed by atoms with Gasteiger partial charge in [0.05, 0.1) is 11.4 Å². The van der Waals surface area contributed by atoms with Crippen molar-refractivity contribution in [1.82, 2.24) is 19.7 Å². The van der Waals surface area contributed by atoms with Crippen LogP contribution in [0.5, 0.6) is 5.75 Å². The summed E-state index contributed by atoms with van der Waals surface area (Å²) in [5.41, 5.74) is 2.93. The van der Waals surface area contributed by atoms with Crippen LogP contribution < -0.4 is 10.6 Å². The molecule has 3 aromatic rings. The minimum Gasteiger partial charge on any atom is -0.507 e. The van der Waals surface area contributed by atoms with Crippen molar-refractivity contribution in [1.29, 1.82) is 0 Å². The maximum absolute atomic E-state index is 11.8. The molecule has 0 amide bonds. The summed E-state index contributed by atoms with van der Waals surface area (Å²) in [6, 6.07) is 11.3. The molecule has 3 atom stereocenters. The molecule has 2 bridgehead atoms. The van der Waals surface area contributed by atoms with Gasteiger partial charge in [-0.2, -0.15) is 4.98 Å². The van der Waals surface area contributed by atoms with Gasteiger partial charge in [0.1, 0.15) is 5.75 Å². The molecule has 7 heteroatoms. The molecule has 0 saturated heterocycles. The fourth-order valence-electron chi connectivity index (χ4n) is 6.02.